The van der Waals surface area contributed by atoms with Crippen molar-refractivity contribution in [2.24, 2.45) is 17.3 Å². The van der Waals surface area contributed by atoms with Gasteiger partial charge in [0, 0.05) is 0 Å². The first-order chi connectivity index (χ1) is 6.49. The number of hydrogen-bond acceptors (Lipinski definition) is 0. The van der Waals surface area contributed by atoms with Gasteiger partial charge in [-0.25, -0.2) is 0 Å². The van der Waals surface area contributed by atoms with Crippen molar-refractivity contribution in [3.8, 4) is 0 Å². The molecule has 0 heteroatoms. The molecular formula is C14H30. The normalized spacial score (nSPS) is 16.7. The summed E-state index contributed by atoms with van der Waals surface area (Å²) in [6, 6.07) is 0. The van der Waals surface area contributed by atoms with Crippen molar-refractivity contribution in [1.82, 2.24) is 0 Å². The van der Waals surface area contributed by atoms with Crippen LogP contribution in [0, 0.1) is 17.3 Å². The molecule has 0 heterocycles. The van der Waals surface area contributed by atoms with Crippen LogP contribution < -0.4 is 0 Å². The minimum Gasteiger partial charge on any atom is -0.0654 e. The summed E-state index contributed by atoms with van der Waals surface area (Å²) in [5.41, 5.74) is 0.532. The maximum absolute atomic E-state index is 2.44. The fraction of sp³-hybridized carbons (Fsp3) is 1.00. The summed E-state index contributed by atoms with van der Waals surface area (Å²) >= 11 is 0. The fourth-order valence-electron chi connectivity index (χ4n) is 2.42. The van der Waals surface area contributed by atoms with E-state index in [0.717, 1.165) is 11.8 Å². The van der Waals surface area contributed by atoms with Gasteiger partial charge in [-0.15, -0.1) is 0 Å². The third-order valence-electron chi connectivity index (χ3n) is 4.11. The van der Waals surface area contributed by atoms with Gasteiger partial charge in [0.1, 0.15) is 0 Å². The molecule has 0 aromatic carbocycles. The van der Waals surface area contributed by atoms with Crippen molar-refractivity contribution in [2.45, 2.75) is 73.6 Å². The van der Waals surface area contributed by atoms with Gasteiger partial charge in [-0.3, -0.25) is 0 Å². The lowest BCUT2D eigenvalue weighted by atomic mass is 9.68. The summed E-state index contributed by atoms with van der Waals surface area (Å²) in [6.45, 7) is 14.3. The Labute approximate surface area is 91.5 Å². The summed E-state index contributed by atoms with van der Waals surface area (Å²) in [5, 5.41) is 0. The van der Waals surface area contributed by atoms with E-state index >= 15 is 0 Å². The first-order valence-electron chi connectivity index (χ1n) is 6.49. The molecule has 0 bridgehead atoms. The highest BCUT2D eigenvalue weighted by molar-refractivity contribution is 4.80. The van der Waals surface area contributed by atoms with Crippen molar-refractivity contribution in [3.05, 3.63) is 0 Å². The zero-order chi connectivity index (χ0) is 11.2. The molecule has 0 rings (SSSR count). The summed E-state index contributed by atoms with van der Waals surface area (Å²) in [4.78, 5) is 0. The molecule has 0 aliphatic rings. The van der Waals surface area contributed by atoms with E-state index in [4.69, 9.17) is 0 Å². The van der Waals surface area contributed by atoms with E-state index < -0.39 is 0 Å². The molecule has 0 amide bonds. The molecule has 0 saturated carbocycles. The zero-order valence-electron chi connectivity index (χ0n) is 11.2. The van der Waals surface area contributed by atoms with E-state index in [1.807, 2.05) is 0 Å². The molecule has 2 unspecified atom stereocenters. The molecule has 0 nitrogen and oxygen atoms in total. The largest absolute Gasteiger partial charge is 0.0654 e. The van der Waals surface area contributed by atoms with E-state index in [1.54, 1.807) is 0 Å². The minimum absolute atomic E-state index is 0.532. The van der Waals surface area contributed by atoms with Crippen LogP contribution in [0.4, 0.5) is 0 Å². The summed E-state index contributed by atoms with van der Waals surface area (Å²) in [5.74, 6) is 1.80. The van der Waals surface area contributed by atoms with Gasteiger partial charge in [-0.2, -0.15) is 0 Å². The van der Waals surface area contributed by atoms with Crippen molar-refractivity contribution in [2.75, 3.05) is 0 Å². The van der Waals surface area contributed by atoms with Crippen LogP contribution in [0.1, 0.15) is 73.6 Å². The smallest absolute Gasteiger partial charge is 0.0326 e. The standard InChI is InChI=1S/C14H30/c1-7-10-11-13(12(4)8-2)14(5,6)9-3/h12-13H,7-11H2,1-6H3. The fourth-order valence-corrected chi connectivity index (χ4v) is 2.42. The predicted molar refractivity (Wildman–Crippen MR) is 66.5 cm³/mol. The Kier molecular flexibility index (Phi) is 6.48. The average molecular weight is 198 g/mol. The van der Waals surface area contributed by atoms with Gasteiger partial charge in [-0.05, 0) is 23.7 Å². The van der Waals surface area contributed by atoms with E-state index in [0.29, 0.717) is 5.41 Å². The summed E-state index contributed by atoms with van der Waals surface area (Å²) < 4.78 is 0. The minimum atomic E-state index is 0.532. The number of unbranched alkanes of at least 4 members (excludes halogenated alkanes) is 1. The van der Waals surface area contributed by atoms with Crippen LogP contribution in [-0.4, -0.2) is 0 Å². The van der Waals surface area contributed by atoms with Crippen molar-refractivity contribution >= 4 is 0 Å². The Bertz CT molecular complexity index is 135. The first kappa shape index (κ1) is 14.0. The van der Waals surface area contributed by atoms with Gasteiger partial charge in [0.15, 0.2) is 0 Å². The Hall–Kier alpha value is 0. The van der Waals surface area contributed by atoms with Crippen LogP contribution in [-0.2, 0) is 0 Å². The molecule has 0 N–H and O–H groups in total. The highest BCUT2D eigenvalue weighted by Gasteiger charge is 2.30. The van der Waals surface area contributed by atoms with Crippen LogP contribution in [0.2, 0.25) is 0 Å². The molecule has 14 heavy (non-hydrogen) atoms. The van der Waals surface area contributed by atoms with Gasteiger partial charge in [0.05, 0.1) is 0 Å². The van der Waals surface area contributed by atoms with Crippen molar-refractivity contribution in [3.63, 3.8) is 0 Å². The van der Waals surface area contributed by atoms with E-state index in [-0.39, 0.29) is 0 Å². The van der Waals surface area contributed by atoms with Crippen LogP contribution in [0.3, 0.4) is 0 Å². The maximum Gasteiger partial charge on any atom is -0.0326 e. The Balaban J connectivity index is 4.37. The molecule has 0 aromatic rings. The molecule has 86 valence electrons. The average Bonchev–Trinajstić information content (AvgIpc) is 2.17. The van der Waals surface area contributed by atoms with Crippen LogP contribution in [0.15, 0.2) is 0 Å². The molecule has 2 atom stereocenters. The molecule has 0 radical (unpaired) electrons. The SMILES string of the molecule is CCCCC(C(C)CC)C(C)(C)CC. The monoisotopic (exact) mass is 198 g/mol. The first-order valence-corrected chi connectivity index (χ1v) is 6.49. The quantitative estimate of drug-likeness (QED) is 0.522. The topological polar surface area (TPSA) is 0 Å². The lowest BCUT2D eigenvalue weighted by Gasteiger charge is -2.38. The lowest BCUT2D eigenvalue weighted by molar-refractivity contribution is 0.125. The molecular weight excluding hydrogens is 168 g/mol. The number of rotatable bonds is 7. The second kappa shape index (κ2) is 6.48. The Morgan fingerprint density at radius 1 is 1.07 bits per heavy atom. The van der Waals surface area contributed by atoms with Crippen LogP contribution in [0.25, 0.3) is 0 Å². The van der Waals surface area contributed by atoms with Gasteiger partial charge in [-0.1, -0.05) is 67.2 Å². The summed E-state index contributed by atoms with van der Waals surface area (Å²) in [6.07, 6.45) is 6.81. The second-order valence-corrected chi connectivity index (χ2v) is 5.48. The van der Waals surface area contributed by atoms with Crippen molar-refractivity contribution < 1.29 is 0 Å². The molecule has 0 aromatic heterocycles. The summed E-state index contributed by atoms with van der Waals surface area (Å²) in [7, 11) is 0. The molecule has 0 spiro atoms. The van der Waals surface area contributed by atoms with E-state index in [1.165, 1.54) is 32.1 Å². The van der Waals surface area contributed by atoms with E-state index in [9.17, 15) is 0 Å². The van der Waals surface area contributed by atoms with Gasteiger partial charge >= 0.3 is 0 Å². The van der Waals surface area contributed by atoms with Gasteiger partial charge in [0.25, 0.3) is 0 Å². The third kappa shape index (κ3) is 4.02. The molecule has 0 fully saturated rings. The van der Waals surface area contributed by atoms with E-state index in [2.05, 4.69) is 41.5 Å². The third-order valence-corrected chi connectivity index (χ3v) is 4.11. The predicted octanol–water partition coefficient (Wildman–Crippen LogP) is 5.28. The van der Waals surface area contributed by atoms with Crippen molar-refractivity contribution in [1.29, 1.82) is 0 Å². The molecule has 0 aliphatic heterocycles. The van der Waals surface area contributed by atoms with Gasteiger partial charge in [0.2, 0.25) is 0 Å². The maximum atomic E-state index is 2.44. The number of hydrogen-bond donors (Lipinski definition) is 0. The highest BCUT2D eigenvalue weighted by atomic mass is 14.4. The lowest BCUT2D eigenvalue weighted by Crippen LogP contribution is -2.28. The van der Waals surface area contributed by atoms with Crippen LogP contribution in [0.5, 0.6) is 0 Å². The Morgan fingerprint density at radius 2 is 1.64 bits per heavy atom. The zero-order valence-corrected chi connectivity index (χ0v) is 11.2. The molecule has 0 aliphatic carbocycles. The van der Waals surface area contributed by atoms with Crippen LogP contribution >= 0.6 is 0 Å². The molecule has 0 saturated heterocycles. The van der Waals surface area contributed by atoms with Gasteiger partial charge < -0.3 is 0 Å². The Morgan fingerprint density at radius 3 is 2.00 bits per heavy atom. The highest BCUT2D eigenvalue weighted by Crippen LogP contribution is 2.40. The second-order valence-electron chi connectivity index (χ2n) is 5.48.